The predicted molar refractivity (Wildman–Crippen MR) is 78.5 cm³/mol. The first-order chi connectivity index (χ1) is 9.50. The van der Waals surface area contributed by atoms with Crippen LogP contribution in [0.2, 0.25) is 0 Å². The molecule has 2 unspecified atom stereocenters. The monoisotopic (exact) mass is 271 g/mol. The van der Waals surface area contributed by atoms with Crippen LogP contribution in [0.25, 0.3) is 10.8 Å². The van der Waals surface area contributed by atoms with Crippen molar-refractivity contribution in [3.05, 3.63) is 42.5 Å². The van der Waals surface area contributed by atoms with Crippen LogP contribution in [-0.2, 0) is 9.59 Å². The quantitative estimate of drug-likeness (QED) is 0.897. The number of carbonyl (C=O) groups excluding carboxylic acids is 1. The fraction of sp³-hybridized carbons (Fsp3) is 0.250. The third-order valence-electron chi connectivity index (χ3n) is 3.60. The van der Waals surface area contributed by atoms with Crippen molar-refractivity contribution in [2.24, 2.45) is 11.8 Å². The Kier molecular flexibility index (Phi) is 4.03. The average Bonchev–Trinajstić information content (AvgIpc) is 2.46. The summed E-state index contributed by atoms with van der Waals surface area (Å²) in [7, 11) is 0. The Bertz CT molecular complexity index is 646. The number of carboxylic acid groups (broad SMARTS) is 1. The third-order valence-corrected chi connectivity index (χ3v) is 3.60. The SMILES string of the molecule is CC(C(=O)O)C(C)C(=O)Nc1cccc2ccccc12. The number of benzene rings is 2. The van der Waals surface area contributed by atoms with Gasteiger partial charge >= 0.3 is 5.97 Å². The molecule has 0 aliphatic heterocycles. The van der Waals surface area contributed by atoms with E-state index in [-0.39, 0.29) is 5.91 Å². The molecule has 0 fully saturated rings. The molecule has 0 radical (unpaired) electrons. The lowest BCUT2D eigenvalue weighted by Gasteiger charge is -2.16. The van der Waals surface area contributed by atoms with Gasteiger partial charge in [0, 0.05) is 17.0 Å². The molecule has 0 bridgehead atoms. The first-order valence-electron chi connectivity index (χ1n) is 6.52. The topological polar surface area (TPSA) is 66.4 Å². The fourth-order valence-electron chi connectivity index (χ4n) is 2.02. The van der Waals surface area contributed by atoms with E-state index >= 15 is 0 Å². The molecule has 0 spiro atoms. The van der Waals surface area contributed by atoms with E-state index in [1.54, 1.807) is 6.92 Å². The van der Waals surface area contributed by atoms with E-state index in [0.29, 0.717) is 5.69 Å². The van der Waals surface area contributed by atoms with Crippen molar-refractivity contribution < 1.29 is 14.7 Å². The van der Waals surface area contributed by atoms with Crippen molar-refractivity contribution in [1.82, 2.24) is 0 Å². The molecular formula is C16H17NO3. The van der Waals surface area contributed by atoms with Crippen molar-refractivity contribution in [2.45, 2.75) is 13.8 Å². The molecule has 104 valence electrons. The van der Waals surface area contributed by atoms with E-state index in [2.05, 4.69) is 5.32 Å². The Morgan fingerprint density at radius 3 is 2.35 bits per heavy atom. The number of nitrogens with one attached hydrogen (secondary N) is 1. The summed E-state index contributed by atoms with van der Waals surface area (Å²) in [6.07, 6.45) is 0. The van der Waals surface area contributed by atoms with Gasteiger partial charge in [-0.2, -0.15) is 0 Å². The lowest BCUT2D eigenvalue weighted by molar-refractivity contribution is -0.145. The average molecular weight is 271 g/mol. The standard InChI is InChI=1S/C16H17NO3/c1-10(11(2)16(19)20)15(18)17-14-9-5-7-12-6-3-4-8-13(12)14/h3-11H,1-2H3,(H,17,18)(H,19,20). The second kappa shape index (κ2) is 5.74. The summed E-state index contributed by atoms with van der Waals surface area (Å²) in [5.74, 6) is -2.56. The molecule has 2 aromatic rings. The van der Waals surface area contributed by atoms with Crippen molar-refractivity contribution >= 4 is 28.3 Å². The van der Waals surface area contributed by atoms with Crippen molar-refractivity contribution in [3.8, 4) is 0 Å². The van der Waals surface area contributed by atoms with Gasteiger partial charge in [-0.25, -0.2) is 0 Å². The highest BCUT2D eigenvalue weighted by atomic mass is 16.4. The number of carbonyl (C=O) groups is 2. The van der Waals surface area contributed by atoms with Gasteiger partial charge in [0.25, 0.3) is 0 Å². The number of aliphatic carboxylic acids is 1. The Balaban J connectivity index is 2.24. The number of anilines is 1. The van der Waals surface area contributed by atoms with E-state index in [9.17, 15) is 9.59 Å². The van der Waals surface area contributed by atoms with Crippen molar-refractivity contribution in [3.63, 3.8) is 0 Å². The van der Waals surface area contributed by atoms with Gasteiger partial charge in [0.2, 0.25) is 5.91 Å². The highest BCUT2D eigenvalue weighted by Gasteiger charge is 2.25. The molecule has 0 saturated heterocycles. The maximum Gasteiger partial charge on any atom is 0.307 e. The fourth-order valence-corrected chi connectivity index (χ4v) is 2.02. The van der Waals surface area contributed by atoms with Gasteiger partial charge in [0.05, 0.1) is 5.92 Å². The minimum Gasteiger partial charge on any atom is -0.481 e. The first-order valence-corrected chi connectivity index (χ1v) is 6.52. The minimum absolute atomic E-state index is 0.281. The summed E-state index contributed by atoms with van der Waals surface area (Å²) in [6, 6.07) is 13.4. The van der Waals surface area contributed by atoms with Gasteiger partial charge in [0.1, 0.15) is 0 Å². The van der Waals surface area contributed by atoms with E-state index < -0.39 is 17.8 Å². The number of hydrogen-bond acceptors (Lipinski definition) is 2. The van der Waals surface area contributed by atoms with Crippen LogP contribution in [0, 0.1) is 11.8 Å². The number of fused-ring (bicyclic) bond motifs is 1. The lowest BCUT2D eigenvalue weighted by Crippen LogP contribution is -2.30. The van der Waals surface area contributed by atoms with Crippen LogP contribution < -0.4 is 5.32 Å². The van der Waals surface area contributed by atoms with Gasteiger partial charge in [-0.15, -0.1) is 0 Å². The molecule has 2 N–H and O–H groups in total. The van der Waals surface area contributed by atoms with Crippen LogP contribution in [-0.4, -0.2) is 17.0 Å². The second-order valence-electron chi connectivity index (χ2n) is 4.93. The molecule has 20 heavy (non-hydrogen) atoms. The summed E-state index contributed by atoms with van der Waals surface area (Å²) in [5, 5.41) is 13.8. The largest absolute Gasteiger partial charge is 0.481 e. The predicted octanol–water partition coefficient (Wildman–Crippen LogP) is 3.14. The molecular weight excluding hydrogens is 254 g/mol. The van der Waals surface area contributed by atoms with Crippen molar-refractivity contribution in [2.75, 3.05) is 5.32 Å². The summed E-state index contributed by atoms with van der Waals surface area (Å²) in [5.41, 5.74) is 0.706. The lowest BCUT2D eigenvalue weighted by atomic mass is 9.95. The van der Waals surface area contributed by atoms with Crippen LogP contribution >= 0.6 is 0 Å². The van der Waals surface area contributed by atoms with Crippen LogP contribution in [0.15, 0.2) is 42.5 Å². The molecule has 2 aromatic carbocycles. The minimum atomic E-state index is -0.967. The van der Waals surface area contributed by atoms with Crippen molar-refractivity contribution in [1.29, 1.82) is 0 Å². The normalized spacial score (nSPS) is 13.7. The first kappa shape index (κ1) is 14.1. The molecule has 0 heterocycles. The molecule has 0 aromatic heterocycles. The molecule has 0 aliphatic carbocycles. The molecule has 1 amide bonds. The number of amides is 1. The zero-order valence-corrected chi connectivity index (χ0v) is 11.5. The summed E-state index contributed by atoms with van der Waals surface area (Å²) in [4.78, 5) is 23.1. The maximum absolute atomic E-state index is 12.1. The van der Waals surface area contributed by atoms with Gasteiger partial charge in [0.15, 0.2) is 0 Å². The summed E-state index contributed by atoms with van der Waals surface area (Å²) >= 11 is 0. The second-order valence-corrected chi connectivity index (χ2v) is 4.93. The molecule has 0 saturated carbocycles. The molecule has 2 atom stereocenters. The van der Waals surface area contributed by atoms with Crippen LogP contribution in [0.1, 0.15) is 13.8 Å². The van der Waals surface area contributed by atoms with E-state index in [1.165, 1.54) is 6.92 Å². The van der Waals surface area contributed by atoms with Crippen LogP contribution in [0.3, 0.4) is 0 Å². The Labute approximate surface area is 117 Å². The molecule has 4 heteroatoms. The Morgan fingerprint density at radius 1 is 1.00 bits per heavy atom. The maximum atomic E-state index is 12.1. The van der Waals surface area contributed by atoms with Gasteiger partial charge in [-0.05, 0) is 11.5 Å². The summed E-state index contributed by atoms with van der Waals surface area (Å²) in [6.45, 7) is 3.16. The van der Waals surface area contributed by atoms with Crippen LogP contribution in [0.4, 0.5) is 5.69 Å². The highest BCUT2D eigenvalue weighted by Crippen LogP contribution is 2.24. The molecule has 4 nitrogen and oxygen atoms in total. The highest BCUT2D eigenvalue weighted by molar-refractivity contribution is 6.03. The van der Waals surface area contributed by atoms with Crippen LogP contribution in [0.5, 0.6) is 0 Å². The van der Waals surface area contributed by atoms with E-state index in [1.807, 2.05) is 42.5 Å². The zero-order valence-electron chi connectivity index (χ0n) is 11.5. The third kappa shape index (κ3) is 2.79. The van der Waals surface area contributed by atoms with Gasteiger partial charge in [-0.3, -0.25) is 9.59 Å². The summed E-state index contributed by atoms with van der Waals surface area (Å²) < 4.78 is 0. The molecule has 0 aliphatic rings. The van der Waals surface area contributed by atoms with Gasteiger partial charge in [-0.1, -0.05) is 50.2 Å². The van der Waals surface area contributed by atoms with Gasteiger partial charge < -0.3 is 10.4 Å². The number of carboxylic acids is 1. The number of rotatable bonds is 4. The van der Waals surface area contributed by atoms with E-state index in [0.717, 1.165) is 10.8 Å². The smallest absolute Gasteiger partial charge is 0.307 e. The Morgan fingerprint density at radius 2 is 1.65 bits per heavy atom. The Hall–Kier alpha value is -2.36. The zero-order chi connectivity index (χ0) is 14.7. The van der Waals surface area contributed by atoms with E-state index in [4.69, 9.17) is 5.11 Å². The number of hydrogen-bond donors (Lipinski definition) is 2. The molecule has 2 rings (SSSR count).